The Hall–Kier alpha value is -3.89. The maximum absolute atomic E-state index is 15.5. The number of aromatic nitrogens is 4. The molecule has 2 N–H and O–H groups in total. The zero-order valence-corrected chi connectivity index (χ0v) is 17.5. The number of pyridine rings is 2. The van der Waals surface area contributed by atoms with Gasteiger partial charge in [-0.05, 0) is 24.6 Å². The van der Waals surface area contributed by atoms with Crippen molar-refractivity contribution in [3.63, 3.8) is 0 Å². The Balaban J connectivity index is 1.81. The van der Waals surface area contributed by atoms with E-state index in [0.717, 1.165) is 6.07 Å². The van der Waals surface area contributed by atoms with Gasteiger partial charge in [-0.2, -0.15) is 9.97 Å². The number of anilines is 2. The Morgan fingerprint density at radius 3 is 2.81 bits per heavy atom. The van der Waals surface area contributed by atoms with Crippen LogP contribution in [0.3, 0.4) is 0 Å². The van der Waals surface area contributed by atoms with Crippen LogP contribution in [0.1, 0.15) is 6.42 Å². The zero-order valence-electron chi connectivity index (χ0n) is 17.5. The van der Waals surface area contributed by atoms with Crippen molar-refractivity contribution in [1.82, 2.24) is 24.8 Å². The molecule has 1 atom stereocenters. The minimum atomic E-state index is -0.871. The fourth-order valence-electron chi connectivity index (χ4n) is 3.73. The number of rotatable bonds is 5. The van der Waals surface area contributed by atoms with Crippen LogP contribution in [-0.2, 0) is 4.79 Å². The molecular formula is C21H21F2N7O2. The van der Waals surface area contributed by atoms with Crippen LogP contribution in [-0.4, -0.2) is 64.0 Å². The van der Waals surface area contributed by atoms with E-state index in [1.54, 1.807) is 11.9 Å². The monoisotopic (exact) mass is 441 g/mol. The SMILES string of the molecule is C=CC(=O)N1CCC(N(C)c2nc(OC)nc3c(F)c(-c4nc(N)ccc4F)ncc23)C1. The average molecular weight is 441 g/mol. The third-order valence-electron chi connectivity index (χ3n) is 5.45. The van der Waals surface area contributed by atoms with Gasteiger partial charge in [-0.15, -0.1) is 0 Å². The fraction of sp³-hybridized carbons (Fsp3) is 0.286. The van der Waals surface area contributed by atoms with E-state index in [9.17, 15) is 9.18 Å². The number of nitrogen functional groups attached to an aromatic ring is 1. The summed E-state index contributed by atoms with van der Waals surface area (Å²) in [6.07, 6.45) is 3.33. The summed E-state index contributed by atoms with van der Waals surface area (Å²) < 4.78 is 34.9. The second-order valence-corrected chi connectivity index (χ2v) is 7.33. The number of halogens is 2. The first-order chi connectivity index (χ1) is 15.3. The highest BCUT2D eigenvalue weighted by molar-refractivity contribution is 5.92. The summed E-state index contributed by atoms with van der Waals surface area (Å²) in [4.78, 5) is 31.9. The zero-order chi connectivity index (χ0) is 23.0. The number of carbonyl (C=O) groups is 1. The molecule has 0 radical (unpaired) electrons. The van der Waals surface area contributed by atoms with Crippen LogP contribution in [0.2, 0.25) is 0 Å². The lowest BCUT2D eigenvalue weighted by atomic mass is 10.1. The summed E-state index contributed by atoms with van der Waals surface area (Å²) in [5.74, 6) is -1.38. The highest BCUT2D eigenvalue weighted by atomic mass is 19.1. The summed E-state index contributed by atoms with van der Waals surface area (Å²) in [7, 11) is 3.16. The van der Waals surface area contributed by atoms with Gasteiger partial charge in [0.05, 0.1) is 12.5 Å². The van der Waals surface area contributed by atoms with Gasteiger partial charge in [-0.3, -0.25) is 9.78 Å². The number of ether oxygens (including phenoxy) is 1. The van der Waals surface area contributed by atoms with Crippen molar-refractivity contribution in [3.8, 4) is 17.4 Å². The molecule has 1 saturated heterocycles. The molecule has 0 bridgehead atoms. The molecule has 11 heteroatoms. The lowest BCUT2D eigenvalue weighted by Gasteiger charge is -2.27. The Morgan fingerprint density at radius 1 is 1.31 bits per heavy atom. The molecule has 4 heterocycles. The summed E-state index contributed by atoms with van der Waals surface area (Å²) in [5, 5.41) is 0.312. The largest absolute Gasteiger partial charge is 0.467 e. The maximum Gasteiger partial charge on any atom is 0.318 e. The van der Waals surface area contributed by atoms with E-state index >= 15 is 4.39 Å². The number of methoxy groups -OCH3 is 1. The third-order valence-corrected chi connectivity index (χ3v) is 5.45. The van der Waals surface area contributed by atoms with Gasteiger partial charge in [0.15, 0.2) is 11.6 Å². The molecule has 0 saturated carbocycles. The Morgan fingerprint density at radius 2 is 2.09 bits per heavy atom. The smallest absolute Gasteiger partial charge is 0.318 e. The van der Waals surface area contributed by atoms with Crippen LogP contribution in [0.4, 0.5) is 20.4 Å². The first-order valence-corrected chi connectivity index (χ1v) is 9.80. The van der Waals surface area contributed by atoms with E-state index in [1.165, 1.54) is 25.4 Å². The lowest BCUT2D eigenvalue weighted by Crippen LogP contribution is -2.36. The van der Waals surface area contributed by atoms with Gasteiger partial charge in [0.2, 0.25) is 5.91 Å². The summed E-state index contributed by atoms with van der Waals surface area (Å²) in [5.41, 5.74) is 4.91. The summed E-state index contributed by atoms with van der Waals surface area (Å²) >= 11 is 0. The van der Waals surface area contributed by atoms with Crippen LogP contribution >= 0.6 is 0 Å². The molecule has 0 aliphatic carbocycles. The topological polar surface area (TPSA) is 110 Å². The lowest BCUT2D eigenvalue weighted by molar-refractivity contribution is -0.125. The second-order valence-electron chi connectivity index (χ2n) is 7.33. The first-order valence-electron chi connectivity index (χ1n) is 9.80. The predicted octanol–water partition coefficient (Wildman–Crippen LogP) is 2.18. The van der Waals surface area contributed by atoms with Crippen LogP contribution in [0.5, 0.6) is 6.01 Å². The number of nitrogens with zero attached hydrogens (tertiary/aromatic N) is 6. The maximum atomic E-state index is 15.5. The van der Waals surface area contributed by atoms with Crippen LogP contribution in [0, 0.1) is 11.6 Å². The molecule has 3 aromatic heterocycles. The minimum Gasteiger partial charge on any atom is -0.467 e. The van der Waals surface area contributed by atoms with Crippen molar-refractivity contribution in [2.45, 2.75) is 12.5 Å². The molecule has 3 aromatic rings. The van der Waals surface area contributed by atoms with Crippen molar-refractivity contribution in [2.75, 3.05) is 37.9 Å². The molecule has 1 aliphatic heterocycles. The quantitative estimate of drug-likeness (QED) is 0.600. The van der Waals surface area contributed by atoms with Gasteiger partial charge in [0, 0.05) is 32.4 Å². The molecule has 1 aliphatic rings. The van der Waals surface area contributed by atoms with Gasteiger partial charge < -0.3 is 20.3 Å². The van der Waals surface area contributed by atoms with E-state index < -0.39 is 11.6 Å². The molecular weight excluding hydrogens is 420 g/mol. The normalized spacial score (nSPS) is 15.8. The van der Waals surface area contributed by atoms with Crippen molar-refractivity contribution in [2.24, 2.45) is 0 Å². The standard InChI is InChI=1S/C21H21F2N7O2/c1-4-15(31)30-8-7-11(10-30)29(2)20-12-9-25-19(18-13(22)5-6-14(24)26-18)16(23)17(12)27-21(28-20)32-3/h4-6,9,11H,1,7-8,10H2,2-3H3,(H2,24,26). The van der Waals surface area contributed by atoms with E-state index in [1.807, 2.05) is 4.90 Å². The Labute approximate surface area is 182 Å². The van der Waals surface area contributed by atoms with Crippen LogP contribution in [0.25, 0.3) is 22.3 Å². The Bertz CT molecular complexity index is 1220. The van der Waals surface area contributed by atoms with Crippen molar-refractivity contribution >= 4 is 28.4 Å². The molecule has 4 rings (SSSR count). The second kappa shape index (κ2) is 8.33. The number of likely N-dealkylation sites (tertiary alicyclic amines) is 1. The first kappa shape index (κ1) is 21.3. The van der Waals surface area contributed by atoms with E-state index in [-0.39, 0.29) is 40.7 Å². The predicted molar refractivity (Wildman–Crippen MR) is 115 cm³/mol. The number of carbonyl (C=O) groups excluding carboxylic acids is 1. The Kier molecular flexibility index (Phi) is 5.56. The number of fused-ring (bicyclic) bond motifs is 1. The number of amides is 1. The molecule has 1 fully saturated rings. The van der Waals surface area contributed by atoms with Crippen molar-refractivity contribution in [3.05, 3.63) is 42.6 Å². The van der Waals surface area contributed by atoms with Crippen molar-refractivity contribution < 1.29 is 18.3 Å². The van der Waals surface area contributed by atoms with E-state index in [4.69, 9.17) is 10.5 Å². The molecule has 1 unspecified atom stereocenters. The fourth-order valence-corrected chi connectivity index (χ4v) is 3.73. The number of likely N-dealkylation sites (N-methyl/N-ethyl adjacent to an activating group) is 1. The highest BCUT2D eigenvalue weighted by Gasteiger charge is 2.30. The number of hydrogen-bond donors (Lipinski definition) is 1. The van der Waals surface area contributed by atoms with Gasteiger partial charge in [-0.25, -0.2) is 13.8 Å². The summed E-state index contributed by atoms with van der Waals surface area (Å²) in [6, 6.07) is 2.24. The van der Waals surface area contributed by atoms with E-state index in [2.05, 4.69) is 26.5 Å². The molecule has 32 heavy (non-hydrogen) atoms. The number of nitrogens with two attached hydrogens (primary N) is 1. The molecule has 9 nitrogen and oxygen atoms in total. The van der Waals surface area contributed by atoms with Gasteiger partial charge >= 0.3 is 6.01 Å². The van der Waals surface area contributed by atoms with Crippen LogP contribution in [0.15, 0.2) is 31.0 Å². The molecule has 166 valence electrons. The van der Waals surface area contributed by atoms with Gasteiger partial charge in [-0.1, -0.05) is 6.58 Å². The minimum absolute atomic E-state index is 0.0308. The van der Waals surface area contributed by atoms with Crippen molar-refractivity contribution in [1.29, 1.82) is 0 Å². The molecule has 0 aromatic carbocycles. The van der Waals surface area contributed by atoms with Gasteiger partial charge in [0.25, 0.3) is 0 Å². The number of hydrogen-bond acceptors (Lipinski definition) is 8. The molecule has 0 spiro atoms. The third kappa shape index (κ3) is 3.66. The highest BCUT2D eigenvalue weighted by Crippen LogP contribution is 2.33. The summed E-state index contributed by atoms with van der Waals surface area (Å²) in [6.45, 7) is 4.55. The molecule has 1 amide bonds. The van der Waals surface area contributed by atoms with Crippen LogP contribution < -0.4 is 15.4 Å². The van der Waals surface area contributed by atoms with Gasteiger partial charge in [0.1, 0.15) is 28.5 Å². The average Bonchev–Trinajstić information content (AvgIpc) is 3.30. The van der Waals surface area contributed by atoms with E-state index in [0.29, 0.717) is 30.7 Å².